The lowest BCUT2D eigenvalue weighted by atomic mass is 9.78. The maximum absolute atomic E-state index is 13.7. The van der Waals surface area contributed by atoms with E-state index in [-0.39, 0.29) is 0 Å². The zero-order chi connectivity index (χ0) is 15.7. The Morgan fingerprint density at radius 3 is 2.71 bits per heavy atom. The second-order valence-electron chi connectivity index (χ2n) is 5.80. The summed E-state index contributed by atoms with van der Waals surface area (Å²) < 4.78 is 54.1. The highest BCUT2D eigenvalue weighted by molar-refractivity contribution is 9.09. The summed E-state index contributed by atoms with van der Waals surface area (Å²) >= 11 is 3.37. The van der Waals surface area contributed by atoms with Crippen molar-refractivity contribution in [2.75, 3.05) is 5.33 Å². The van der Waals surface area contributed by atoms with Gasteiger partial charge in [0.1, 0.15) is 16.5 Å². The summed E-state index contributed by atoms with van der Waals surface area (Å²) in [4.78, 5) is -0.512. The van der Waals surface area contributed by atoms with Crippen LogP contribution in [0.3, 0.4) is 0 Å². The van der Waals surface area contributed by atoms with Crippen LogP contribution in [0.25, 0.3) is 0 Å². The molecule has 3 nitrogen and oxygen atoms in total. The van der Waals surface area contributed by atoms with Crippen LogP contribution in [0.5, 0.6) is 0 Å². The molecule has 7 heteroatoms. The molecule has 1 aromatic carbocycles. The van der Waals surface area contributed by atoms with E-state index >= 15 is 0 Å². The molecule has 0 spiro atoms. The molecule has 0 aliphatic heterocycles. The van der Waals surface area contributed by atoms with Crippen molar-refractivity contribution in [1.29, 1.82) is 0 Å². The Morgan fingerprint density at radius 2 is 2.14 bits per heavy atom. The first-order valence-electron chi connectivity index (χ1n) is 6.83. The van der Waals surface area contributed by atoms with Crippen LogP contribution in [0, 0.1) is 17.6 Å². The van der Waals surface area contributed by atoms with Gasteiger partial charge in [0.15, 0.2) is 0 Å². The monoisotopic (exact) mass is 381 g/mol. The molecule has 0 radical (unpaired) electrons. The first-order chi connectivity index (χ1) is 9.78. The molecule has 118 valence electrons. The van der Waals surface area contributed by atoms with Gasteiger partial charge in [0.25, 0.3) is 0 Å². The number of alkyl halides is 1. The second kappa shape index (κ2) is 6.30. The van der Waals surface area contributed by atoms with Crippen molar-refractivity contribution < 1.29 is 17.2 Å². The van der Waals surface area contributed by atoms with Gasteiger partial charge in [-0.15, -0.1) is 0 Å². The van der Waals surface area contributed by atoms with E-state index in [1.165, 1.54) is 0 Å². The van der Waals surface area contributed by atoms with Gasteiger partial charge in [-0.3, -0.25) is 0 Å². The molecule has 1 fully saturated rings. The predicted octanol–water partition coefficient (Wildman–Crippen LogP) is 3.59. The minimum absolute atomic E-state index is 0.400. The van der Waals surface area contributed by atoms with Gasteiger partial charge in [0, 0.05) is 16.9 Å². The Morgan fingerprint density at radius 1 is 1.43 bits per heavy atom. The molecule has 1 N–H and O–H groups in total. The fraction of sp³-hybridized carbons (Fsp3) is 0.571. The van der Waals surface area contributed by atoms with Crippen LogP contribution in [0.4, 0.5) is 8.78 Å². The molecule has 21 heavy (non-hydrogen) atoms. The van der Waals surface area contributed by atoms with Crippen molar-refractivity contribution in [2.45, 2.75) is 43.0 Å². The van der Waals surface area contributed by atoms with Crippen molar-refractivity contribution in [3.8, 4) is 0 Å². The summed E-state index contributed by atoms with van der Waals surface area (Å²) in [6.07, 6.45) is 3.37. The maximum Gasteiger partial charge on any atom is 0.244 e. The number of benzene rings is 1. The molecular formula is C14H18BrF2NO2S. The van der Waals surface area contributed by atoms with Crippen LogP contribution < -0.4 is 4.72 Å². The minimum atomic E-state index is -4.02. The van der Waals surface area contributed by atoms with Gasteiger partial charge in [-0.2, -0.15) is 0 Å². The molecule has 0 bridgehead atoms. The lowest BCUT2D eigenvalue weighted by Gasteiger charge is -2.39. The zero-order valence-electron chi connectivity index (χ0n) is 11.7. The van der Waals surface area contributed by atoms with E-state index in [1.54, 1.807) is 0 Å². The van der Waals surface area contributed by atoms with E-state index in [9.17, 15) is 17.2 Å². The fourth-order valence-electron chi connectivity index (χ4n) is 2.93. The lowest BCUT2D eigenvalue weighted by molar-refractivity contribution is 0.241. The molecule has 1 aliphatic rings. The van der Waals surface area contributed by atoms with Gasteiger partial charge in [-0.1, -0.05) is 35.7 Å². The highest BCUT2D eigenvalue weighted by atomic mass is 79.9. The van der Waals surface area contributed by atoms with E-state index in [0.29, 0.717) is 30.2 Å². The molecule has 0 aromatic heterocycles. The fourth-order valence-corrected chi connectivity index (χ4v) is 5.27. The largest absolute Gasteiger partial charge is 0.244 e. The Balaban J connectivity index is 2.31. The average molecular weight is 382 g/mol. The minimum Gasteiger partial charge on any atom is -0.207 e. The van der Waals surface area contributed by atoms with Crippen LogP contribution >= 0.6 is 15.9 Å². The maximum atomic E-state index is 13.7. The van der Waals surface area contributed by atoms with E-state index in [1.807, 2.05) is 0 Å². The lowest BCUT2D eigenvalue weighted by Crippen LogP contribution is -2.52. The Hall–Kier alpha value is -0.530. The van der Waals surface area contributed by atoms with Crippen LogP contribution in [-0.2, 0) is 10.0 Å². The summed E-state index contributed by atoms with van der Waals surface area (Å²) in [5.74, 6) is -1.47. The number of rotatable bonds is 4. The van der Waals surface area contributed by atoms with Crippen molar-refractivity contribution >= 4 is 26.0 Å². The molecule has 0 heterocycles. The molecule has 2 unspecified atom stereocenters. The number of hydrogen-bond acceptors (Lipinski definition) is 2. The van der Waals surface area contributed by atoms with Crippen molar-refractivity contribution in [3.05, 3.63) is 29.8 Å². The number of nitrogens with one attached hydrogen (secondary N) is 1. The third-order valence-corrected chi connectivity index (χ3v) is 6.57. The predicted molar refractivity (Wildman–Crippen MR) is 80.8 cm³/mol. The van der Waals surface area contributed by atoms with Crippen LogP contribution in [0.2, 0.25) is 0 Å². The Kier molecular flexibility index (Phi) is 5.05. The first-order valence-corrected chi connectivity index (χ1v) is 9.43. The quantitative estimate of drug-likeness (QED) is 0.810. The molecule has 1 aliphatic carbocycles. The smallest absolute Gasteiger partial charge is 0.207 e. The van der Waals surface area contributed by atoms with Crippen LogP contribution in [0.15, 0.2) is 23.1 Å². The third-order valence-electron chi connectivity index (χ3n) is 3.88. The van der Waals surface area contributed by atoms with E-state index in [0.717, 1.165) is 25.0 Å². The third kappa shape index (κ3) is 3.81. The van der Waals surface area contributed by atoms with E-state index < -0.39 is 32.1 Å². The van der Waals surface area contributed by atoms with Crippen LogP contribution in [0.1, 0.15) is 32.6 Å². The average Bonchev–Trinajstić information content (AvgIpc) is 2.37. The topological polar surface area (TPSA) is 46.2 Å². The summed E-state index contributed by atoms with van der Waals surface area (Å²) in [7, 11) is -4.02. The summed E-state index contributed by atoms with van der Waals surface area (Å²) in [5.41, 5.74) is -0.614. The van der Waals surface area contributed by atoms with Crippen molar-refractivity contribution in [1.82, 2.24) is 4.72 Å². The highest BCUT2D eigenvalue weighted by Gasteiger charge is 2.38. The molecule has 1 saturated carbocycles. The molecule has 0 amide bonds. The van der Waals surface area contributed by atoms with Gasteiger partial charge in [0.2, 0.25) is 10.0 Å². The second-order valence-corrected chi connectivity index (χ2v) is 8.01. The molecule has 1 aromatic rings. The van der Waals surface area contributed by atoms with Gasteiger partial charge in [-0.05, 0) is 30.9 Å². The van der Waals surface area contributed by atoms with Crippen molar-refractivity contribution in [2.24, 2.45) is 5.92 Å². The highest BCUT2D eigenvalue weighted by Crippen LogP contribution is 2.35. The number of sulfonamides is 1. The zero-order valence-corrected chi connectivity index (χ0v) is 14.1. The number of halogens is 3. The molecular weight excluding hydrogens is 364 g/mol. The SMILES string of the molecule is CC1CCCC(CBr)(NS(=O)(=O)c2ccc(F)cc2F)C1. The molecule has 0 saturated heterocycles. The van der Waals surface area contributed by atoms with Crippen LogP contribution in [-0.4, -0.2) is 19.3 Å². The molecule has 2 rings (SSSR count). The van der Waals surface area contributed by atoms with Crippen molar-refractivity contribution in [3.63, 3.8) is 0 Å². The summed E-state index contributed by atoms with van der Waals surface area (Å²) in [6, 6.07) is 2.49. The standard InChI is InChI=1S/C14H18BrF2NO2S/c1-10-3-2-6-14(8-10,9-15)18-21(19,20)13-5-4-11(16)7-12(13)17/h4-5,7,10,18H,2-3,6,8-9H2,1H3. The van der Waals surface area contributed by atoms with Gasteiger partial charge < -0.3 is 0 Å². The Bertz CT molecular complexity index is 623. The summed E-state index contributed by atoms with van der Waals surface area (Å²) in [5, 5.41) is 0.465. The normalized spacial score (nSPS) is 26.8. The molecule has 2 atom stereocenters. The number of hydrogen-bond donors (Lipinski definition) is 1. The van der Waals surface area contributed by atoms with E-state index in [2.05, 4.69) is 27.6 Å². The summed E-state index contributed by atoms with van der Waals surface area (Å²) in [6.45, 7) is 2.07. The van der Waals surface area contributed by atoms with Gasteiger partial charge in [0.05, 0.1) is 0 Å². The Labute approximate surface area is 132 Å². The van der Waals surface area contributed by atoms with E-state index in [4.69, 9.17) is 0 Å². The van der Waals surface area contributed by atoms with Gasteiger partial charge >= 0.3 is 0 Å². The van der Waals surface area contributed by atoms with Gasteiger partial charge in [-0.25, -0.2) is 21.9 Å². The first kappa shape index (κ1) is 16.8.